The summed E-state index contributed by atoms with van der Waals surface area (Å²) in [6, 6.07) is 11.9. The highest BCUT2D eigenvalue weighted by Gasteiger charge is 2.59. The number of amides is 1. The minimum atomic E-state index is -3.23. The molecule has 2 unspecified atom stereocenters. The molecule has 0 radical (unpaired) electrons. The maximum atomic E-state index is 12.8. The van der Waals surface area contributed by atoms with Crippen LogP contribution in [0.15, 0.2) is 47.4 Å². The molecule has 0 spiro atoms. The van der Waals surface area contributed by atoms with Crippen molar-refractivity contribution in [1.29, 1.82) is 0 Å². The molecular weight excluding hydrogens is 378 g/mol. The molecule has 1 fully saturated rings. The quantitative estimate of drug-likeness (QED) is 0.802. The Morgan fingerprint density at radius 1 is 1.04 bits per heavy atom. The molecule has 6 nitrogen and oxygen atoms in total. The van der Waals surface area contributed by atoms with Crippen LogP contribution in [0.3, 0.4) is 0 Å². The molecule has 0 aromatic heterocycles. The Balaban J connectivity index is 1.79. The molecule has 1 aliphatic rings. The smallest absolute Gasteiger partial charge is 0.255 e. The highest BCUT2D eigenvalue weighted by atomic mass is 32.2. The van der Waals surface area contributed by atoms with E-state index >= 15 is 0 Å². The molecule has 0 aliphatic heterocycles. The maximum absolute atomic E-state index is 12.8. The first kappa shape index (κ1) is 20.2. The summed E-state index contributed by atoms with van der Waals surface area (Å²) < 4.78 is 33.8. The minimum absolute atomic E-state index is 0.0594. The maximum Gasteiger partial charge on any atom is 0.255 e. The van der Waals surface area contributed by atoms with Crippen LogP contribution in [0.1, 0.15) is 35.7 Å². The summed E-state index contributed by atoms with van der Waals surface area (Å²) in [5.74, 6) is 0.954. The molecule has 1 amide bonds. The van der Waals surface area contributed by atoms with Gasteiger partial charge in [0.2, 0.25) is 0 Å². The molecule has 0 saturated heterocycles. The largest absolute Gasteiger partial charge is 0.497 e. The summed E-state index contributed by atoms with van der Waals surface area (Å²) in [4.78, 5) is 13.1. The number of benzene rings is 2. The van der Waals surface area contributed by atoms with E-state index in [4.69, 9.17) is 9.47 Å². The average Bonchev–Trinajstić information content (AvgIpc) is 3.20. The predicted octanol–water partition coefficient (Wildman–Crippen LogP) is 3.03. The lowest BCUT2D eigenvalue weighted by Gasteiger charge is -2.11. The second-order valence-corrected chi connectivity index (χ2v) is 9.67. The summed E-state index contributed by atoms with van der Waals surface area (Å²) >= 11 is 0. The van der Waals surface area contributed by atoms with E-state index in [1.807, 2.05) is 12.1 Å². The lowest BCUT2D eigenvalue weighted by molar-refractivity contribution is 0.0943. The summed E-state index contributed by atoms with van der Waals surface area (Å²) in [5.41, 5.74) is 1.31. The molecule has 7 heteroatoms. The van der Waals surface area contributed by atoms with Crippen LogP contribution in [0.5, 0.6) is 11.5 Å². The molecule has 0 bridgehead atoms. The summed E-state index contributed by atoms with van der Waals surface area (Å²) in [7, 11) is -0.160. The third-order valence-corrected chi connectivity index (χ3v) is 6.56. The molecular formula is C21H25NO5S. The number of hydrogen-bond acceptors (Lipinski definition) is 5. The van der Waals surface area contributed by atoms with E-state index < -0.39 is 9.84 Å². The fourth-order valence-corrected chi connectivity index (χ4v) is 4.29. The number of sulfone groups is 1. The molecule has 3 rings (SSSR count). The Labute approximate surface area is 165 Å². The van der Waals surface area contributed by atoms with E-state index in [2.05, 4.69) is 19.2 Å². The molecule has 2 aromatic carbocycles. The Kier molecular flexibility index (Phi) is 5.14. The van der Waals surface area contributed by atoms with E-state index in [0.717, 1.165) is 5.56 Å². The molecule has 1 N–H and O–H groups in total. The van der Waals surface area contributed by atoms with Crippen LogP contribution in [-0.4, -0.2) is 40.8 Å². The summed E-state index contributed by atoms with van der Waals surface area (Å²) in [5, 5.41) is 3.09. The normalized spacial score (nSPS) is 20.3. The summed E-state index contributed by atoms with van der Waals surface area (Å²) in [6.45, 7) is 4.16. The van der Waals surface area contributed by atoms with Gasteiger partial charge in [0.25, 0.3) is 5.91 Å². The van der Waals surface area contributed by atoms with Gasteiger partial charge < -0.3 is 14.8 Å². The zero-order valence-electron chi connectivity index (χ0n) is 16.6. The van der Waals surface area contributed by atoms with Gasteiger partial charge in [-0.05, 0) is 35.2 Å². The monoisotopic (exact) mass is 403 g/mol. The van der Waals surface area contributed by atoms with Crippen LogP contribution in [0.25, 0.3) is 0 Å². The van der Waals surface area contributed by atoms with Crippen molar-refractivity contribution in [1.82, 2.24) is 5.32 Å². The number of carbonyl (C=O) groups excluding carboxylic acids is 1. The highest BCUT2D eigenvalue weighted by molar-refractivity contribution is 7.90. The Morgan fingerprint density at radius 2 is 1.68 bits per heavy atom. The number of nitrogens with one attached hydrogen (secondary N) is 1. The van der Waals surface area contributed by atoms with Crippen molar-refractivity contribution in [2.45, 2.75) is 30.7 Å². The van der Waals surface area contributed by atoms with Gasteiger partial charge in [-0.15, -0.1) is 0 Å². The Hall–Kier alpha value is -2.54. The van der Waals surface area contributed by atoms with Gasteiger partial charge in [0.05, 0.1) is 24.7 Å². The van der Waals surface area contributed by atoms with Gasteiger partial charge >= 0.3 is 0 Å². The van der Waals surface area contributed by atoms with E-state index in [9.17, 15) is 13.2 Å². The number of carbonyl (C=O) groups is 1. The third kappa shape index (κ3) is 3.71. The molecule has 1 saturated carbocycles. The molecule has 1 aliphatic carbocycles. The van der Waals surface area contributed by atoms with Crippen molar-refractivity contribution in [2.75, 3.05) is 20.5 Å². The van der Waals surface area contributed by atoms with Crippen LogP contribution in [0.2, 0.25) is 0 Å². The number of rotatable bonds is 6. The van der Waals surface area contributed by atoms with Crippen molar-refractivity contribution in [3.63, 3.8) is 0 Å². The van der Waals surface area contributed by atoms with Crippen LogP contribution in [0, 0.1) is 5.41 Å². The lowest BCUT2D eigenvalue weighted by Crippen LogP contribution is -2.29. The lowest BCUT2D eigenvalue weighted by atomic mass is 10.0. The Bertz CT molecular complexity index is 996. The fourth-order valence-electron chi connectivity index (χ4n) is 3.66. The molecule has 2 aromatic rings. The van der Waals surface area contributed by atoms with E-state index in [1.54, 1.807) is 37.4 Å². The molecule has 150 valence electrons. The van der Waals surface area contributed by atoms with Gasteiger partial charge in [-0.2, -0.15) is 0 Å². The summed E-state index contributed by atoms with van der Waals surface area (Å²) in [6.07, 6.45) is 1.19. The van der Waals surface area contributed by atoms with E-state index in [0.29, 0.717) is 22.0 Å². The van der Waals surface area contributed by atoms with Crippen molar-refractivity contribution in [3.8, 4) is 11.5 Å². The Morgan fingerprint density at radius 3 is 2.21 bits per heavy atom. The first-order valence-electron chi connectivity index (χ1n) is 8.92. The zero-order chi connectivity index (χ0) is 20.7. The van der Waals surface area contributed by atoms with Crippen molar-refractivity contribution >= 4 is 15.7 Å². The van der Waals surface area contributed by atoms with Crippen molar-refractivity contribution in [2.24, 2.45) is 5.41 Å². The first-order valence-corrected chi connectivity index (χ1v) is 10.8. The van der Waals surface area contributed by atoms with Crippen LogP contribution < -0.4 is 14.8 Å². The number of hydrogen-bond donors (Lipinski definition) is 1. The molecule has 2 atom stereocenters. The topological polar surface area (TPSA) is 81.7 Å². The van der Waals surface area contributed by atoms with Crippen LogP contribution in [-0.2, 0) is 9.84 Å². The zero-order valence-corrected chi connectivity index (χ0v) is 17.5. The minimum Gasteiger partial charge on any atom is -0.497 e. The second-order valence-electron chi connectivity index (χ2n) is 7.66. The standard InChI is InChI=1S/C21H25NO5S/c1-21(2)18(13-6-9-15(10-7-13)28(5,24)25)19(21)22-20(23)16-11-8-14(26-3)12-17(16)27-4/h6-12,18-19H,1-5H3,(H,22,23). The van der Waals surface area contributed by atoms with Gasteiger partial charge in [-0.25, -0.2) is 8.42 Å². The van der Waals surface area contributed by atoms with Gasteiger partial charge in [-0.1, -0.05) is 26.0 Å². The fraction of sp³-hybridized carbons (Fsp3) is 0.381. The first-order chi connectivity index (χ1) is 13.1. The number of methoxy groups -OCH3 is 2. The van der Waals surface area contributed by atoms with Crippen LogP contribution >= 0.6 is 0 Å². The molecule has 28 heavy (non-hydrogen) atoms. The second kappa shape index (κ2) is 7.13. The van der Waals surface area contributed by atoms with E-state index in [1.165, 1.54) is 13.4 Å². The van der Waals surface area contributed by atoms with Gasteiger partial charge in [-0.3, -0.25) is 4.79 Å². The van der Waals surface area contributed by atoms with Crippen molar-refractivity contribution in [3.05, 3.63) is 53.6 Å². The van der Waals surface area contributed by atoms with E-state index in [-0.39, 0.29) is 23.3 Å². The SMILES string of the molecule is COc1ccc(C(=O)NC2C(c3ccc(S(C)(=O)=O)cc3)C2(C)C)c(OC)c1. The molecule has 0 heterocycles. The highest BCUT2D eigenvalue weighted by Crippen LogP contribution is 2.58. The number of ether oxygens (including phenoxy) is 2. The average molecular weight is 404 g/mol. The van der Waals surface area contributed by atoms with Gasteiger partial charge in [0.1, 0.15) is 11.5 Å². The third-order valence-electron chi connectivity index (χ3n) is 5.43. The van der Waals surface area contributed by atoms with Crippen molar-refractivity contribution < 1.29 is 22.7 Å². The van der Waals surface area contributed by atoms with Gasteiger partial charge in [0, 0.05) is 24.3 Å². The van der Waals surface area contributed by atoms with Crippen LogP contribution in [0.4, 0.5) is 0 Å². The predicted molar refractivity (Wildman–Crippen MR) is 107 cm³/mol. The van der Waals surface area contributed by atoms with Gasteiger partial charge in [0.15, 0.2) is 9.84 Å².